The summed E-state index contributed by atoms with van der Waals surface area (Å²) in [6, 6.07) is 12.7. The van der Waals surface area contributed by atoms with Gasteiger partial charge < -0.3 is 9.67 Å². The van der Waals surface area contributed by atoms with E-state index in [-0.39, 0.29) is 16.2 Å². The van der Waals surface area contributed by atoms with Crippen LogP contribution in [0.2, 0.25) is 0 Å². The number of aromatic nitrogens is 1. The molecule has 178 valence electrons. The van der Waals surface area contributed by atoms with Crippen molar-refractivity contribution in [3.8, 4) is 5.69 Å². The number of carbonyl (C=O) groups excluding carboxylic acids is 2. The monoisotopic (exact) mass is 487 g/mol. The van der Waals surface area contributed by atoms with Gasteiger partial charge in [-0.1, -0.05) is 18.2 Å². The van der Waals surface area contributed by atoms with E-state index in [9.17, 15) is 19.5 Å². The van der Waals surface area contributed by atoms with Crippen LogP contribution in [0.15, 0.2) is 48.0 Å². The molecular weight excluding hydrogens is 462 g/mol. The molecule has 2 heterocycles. The number of anilines is 1. The number of benzene rings is 2. The molecule has 1 fully saturated rings. The topological polar surface area (TPSA) is 91.6 Å². The van der Waals surface area contributed by atoms with E-state index in [4.69, 9.17) is 12.2 Å². The van der Waals surface area contributed by atoms with Crippen LogP contribution in [0.4, 0.5) is 5.69 Å². The zero-order valence-corrected chi connectivity index (χ0v) is 20.9. The molecule has 2 aromatic carbocycles. The third-order valence-corrected chi connectivity index (χ3v) is 6.54. The highest BCUT2D eigenvalue weighted by atomic mass is 32.1. The first-order chi connectivity index (χ1) is 16.5. The van der Waals surface area contributed by atoms with Gasteiger partial charge in [-0.2, -0.15) is 0 Å². The number of hydrogen-bond acceptors (Lipinski definition) is 4. The summed E-state index contributed by atoms with van der Waals surface area (Å²) >= 11 is 5.34. The normalized spacial score (nSPS) is 15.1. The highest BCUT2D eigenvalue weighted by Gasteiger charge is 2.35. The van der Waals surface area contributed by atoms with E-state index in [1.54, 1.807) is 25.1 Å². The number of rotatable bonds is 4. The zero-order chi connectivity index (χ0) is 25.6. The van der Waals surface area contributed by atoms with Crippen LogP contribution in [-0.2, 0) is 9.59 Å². The Labute approximate surface area is 208 Å². The van der Waals surface area contributed by atoms with Crippen molar-refractivity contribution in [2.45, 2.75) is 34.6 Å². The minimum Gasteiger partial charge on any atom is -0.478 e. The van der Waals surface area contributed by atoms with Gasteiger partial charge in [-0.05, 0) is 99.4 Å². The Hall–Kier alpha value is -4.04. The first kappa shape index (κ1) is 24.1. The second-order valence-electron chi connectivity index (χ2n) is 8.66. The van der Waals surface area contributed by atoms with Crippen LogP contribution in [0, 0.1) is 34.6 Å². The second kappa shape index (κ2) is 8.96. The Balaban J connectivity index is 1.81. The molecule has 8 heteroatoms. The van der Waals surface area contributed by atoms with Crippen LogP contribution in [0.5, 0.6) is 0 Å². The quantitative estimate of drug-likeness (QED) is 0.320. The molecule has 35 heavy (non-hydrogen) atoms. The molecule has 2 N–H and O–H groups in total. The smallest absolute Gasteiger partial charge is 0.336 e. The predicted octanol–water partition coefficient (Wildman–Crippen LogP) is 4.55. The minimum absolute atomic E-state index is 0.0317. The van der Waals surface area contributed by atoms with Crippen LogP contribution in [0.25, 0.3) is 11.8 Å². The molecular formula is C27H25N3O4S. The van der Waals surface area contributed by atoms with Gasteiger partial charge in [0.05, 0.1) is 11.3 Å². The first-order valence-corrected chi connectivity index (χ1v) is 11.4. The molecule has 1 aromatic heterocycles. The van der Waals surface area contributed by atoms with E-state index in [1.807, 2.05) is 62.6 Å². The summed E-state index contributed by atoms with van der Waals surface area (Å²) in [6.45, 7) is 9.32. The average molecular weight is 488 g/mol. The van der Waals surface area contributed by atoms with Crippen molar-refractivity contribution in [3.05, 3.63) is 87.2 Å². The zero-order valence-electron chi connectivity index (χ0n) is 20.1. The largest absolute Gasteiger partial charge is 0.478 e. The molecule has 2 amide bonds. The maximum absolute atomic E-state index is 13.5. The van der Waals surface area contributed by atoms with Gasteiger partial charge in [0.25, 0.3) is 11.8 Å². The molecule has 0 atom stereocenters. The fourth-order valence-corrected chi connectivity index (χ4v) is 4.67. The van der Waals surface area contributed by atoms with Crippen LogP contribution < -0.4 is 10.2 Å². The Bertz CT molecular complexity index is 1470. The van der Waals surface area contributed by atoms with Crippen LogP contribution >= 0.6 is 12.2 Å². The van der Waals surface area contributed by atoms with Crippen molar-refractivity contribution in [1.82, 2.24) is 9.88 Å². The molecule has 3 aromatic rings. The Morgan fingerprint density at radius 2 is 1.71 bits per heavy atom. The molecule has 0 radical (unpaired) electrons. The molecule has 0 saturated carbocycles. The number of hydrogen-bond donors (Lipinski definition) is 2. The fraction of sp³-hybridized carbons (Fsp3) is 0.185. The highest BCUT2D eigenvalue weighted by molar-refractivity contribution is 7.80. The molecule has 0 bridgehead atoms. The summed E-state index contributed by atoms with van der Waals surface area (Å²) in [4.78, 5) is 39.3. The van der Waals surface area contributed by atoms with Gasteiger partial charge in [0.1, 0.15) is 5.57 Å². The Kier molecular flexibility index (Phi) is 6.17. The number of carboxylic acid groups (broad SMARTS) is 1. The number of nitrogens with zero attached hydrogens (tertiary/aromatic N) is 2. The Morgan fingerprint density at radius 1 is 1.00 bits per heavy atom. The van der Waals surface area contributed by atoms with Crippen LogP contribution in [0.1, 0.15) is 44.0 Å². The average Bonchev–Trinajstić information content (AvgIpc) is 3.06. The van der Waals surface area contributed by atoms with E-state index < -0.39 is 17.8 Å². The van der Waals surface area contributed by atoms with E-state index in [0.29, 0.717) is 16.8 Å². The molecule has 7 nitrogen and oxygen atoms in total. The number of thiocarbonyl (C=S) groups is 1. The highest BCUT2D eigenvalue weighted by Crippen LogP contribution is 2.29. The summed E-state index contributed by atoms with van der Waals surface area (Å²) in [7, 11) is 0. The number of carbonyl (C=O) groups is 3. The molecule has 0 aliphatic carbocycles. The van der Waals surface area contributed by atoms with Crippen molar-refractivity contribution in [3.63, 3.8) is 0 Å². The molecule has 4 rings (SSSR count). The second-order valence-corrected chi connectivity index (χ2v) is 9.05. The standard InChI is InChI=1S/C27H25N3O4S/c1-14-9-10-15(2)23(11-14)30-25(32)21(24(31)28-27(30)35)13-19-12-16(3)29(18(19)5)22-8-6-7-20(17(22)4)26(33)34/h6-13H,1-5H3,(H,33,34)(H,28,31,35). The van der Waals surface area contributed by atoms with Crippen molar-refractivity contribution >= 4 is 46.9 Å². The number of nitrogens with one attached hydrogen (secondary N) is 1. The van der Waals surface area contributed by atoms with Crippen molar-refractivity contribution in [2.24, 2.45) is 0 Å². The first-order valence-electron chi connectivity index (χ1n) is 11.0. The predicted molar refractivity (Wildman–Crippen MR) is 139 cm³/mol. The summed E-state index contributed by atoms with van der Waals surface area (Å²) in [5.41, 5.74) is 6.26. The van der Waals surface area contributed by atoms with E-state index in [0.717, 1.165) is 28.2 Å². The lowest BCUT2D eigenvalue weighted by atomic mass is 10.0. The van der Waals surface area contributed by atoms with Gasteiger partial charge in [-0.25, -0.2) is 4.79 Å². The van der Waals surface area contributed by atoms with Gasteiger partial charge in [0.2, 0.25) is 0 Å². The van der Waals surface area contributed by atoms with Gasteiger partial charge >= 0.3 is 5.97 Å². The van der Waals surface area contributed by atoms with Crippen molar-refractivity contribution in [2.75, 3.05) is 4.90 Å². The number of aryl methyl sites for hydroxylation is 3. The number of amides is 2. The lowest BCUT2D eigenvalue weighted by molar-refractivity contribution is -0.122. The SMILES string of the molecule is Cc1ccc(C)c(N2C(=O)C(=Cc3cc(C)n(-c4cccc(C(=O)O)c4C)c3C)C(=O)NC2=S)c1. The maximum Gasteiger partial charge on any atom is 0.336 e. The summed E-state index contributed by atoms with van der Waals surface area (Å²) in [6.07, 6.45) is 1.56. The van der Waals surface area contributed by atoms with E-state index >= 15 is 0 Å². The molecule has 1 saturated heterocycles. The molecule has 0 unspecified atom stereocenters. The number of carboxylic acids is 1. The van der Waals surface area contributed by atoms with Gasteiger partial charge in [-0.3, -0.25) is 19.8 Å². The lowest BCUT2D eigenvalue weighted by Gasteiger charge is -2.30. The molecule has 1 aliphatic rings. The maximum atomic E-state index is 13.5. The van der Waals surface area contributed by atoms with Gasteiger partial charge in [-0.15, -0.1) is 0 Å². The third kappa shape index (κ3) is 4.17. The van der Waals surface area contributed by atoms with Crippen molar-refractivity contribution in [1.29, 1.82) is 0 Å². The minimum atomic E-state index is -0.999. The van der Waals surface area contributed by atoms with Crippen LogP contribution in [0.3, 0.4) is 0 Å². The number of aromatic carboxylic acids is 1. The van der Waals surface area contributed by atoms with E-state index in [1.165, 1.54) is 4.90 Å². The lowest BCUT2D eigenvalue weighted by Crippen LogP contribution is -2.54. The third-order valence-electron chi connectivity index (χ3n) is 6.25. The fourth-order valence-electron chi connectivity index (χ4n) is 4.39. The Morgan fingerprint density at radius 3 is 2.40 bits per heavy atom. The summed E-state index contributed by atoms with van der Waals surface area (Å²) in [5, 5.41) is 12.2. The van der Waals surface area contributed by atoms with Gasteiger partial charge in [0, 0.05) is 17.1 Å². The van der Waals surface area contributed by atoms with E-state index in [2.05, 4.69) is 5.32 Å². The van der Waals surface area contributed by atoms with Gasteiger partial charge in [0.15, 0.2) is 5.11 Å². The summed E-state index contributed by atoms with van der Waals surface area (Å²) < 4.78 is 1.92. The molecule has 1 aliphatic heterocycles. The summed E-state index contributed by atoms with van der Waals surface area (Å²) in [5.74, 6) is -2.06. The van der Waals surface area contributed by atoms with Crippen LogP contribution in [-0.4, -0.2) is 32.6 Å². The molecule has 0 spiro atoms. The van der Waals surface area contributed by atoms with Crippen molar-refractivity contribution < 1.29 is 19.5 Å².